The molecule has 1 unspecified atom stereocenters. The van der Waals surface area contributed by atoms with Gasteiger partial charge in [0.05, 0.1) is 13.7 Å². The van der Waals surface area contributed by atoms with Crippen LogP contribution in [0.3, 0.4) is 0 Å². The Hall–Kier alpha value is -1.75. The van der Waals surface area contributed by atoms with Crippen molar-refractivity contribution in [1.82, 2.24) is 10.6 Å². The normalized spacial score (nSPS) is 12.8. The molecule has 0 amide bonds. The number of nitrogens with one attached hydrogen (secondary N) is 2. The molecule has 0 radical (unpaired) electrons. The van der Waals surface area contributed by atoms with Crippen LogP contribution in [0.2, 0.25) is 0 Å². The largest absolute Gasteiger partial charge is 0.497 e. The minimum Gasteiger partial charge on any atom is -0.497 e. The van der Waals surface area contributed by atoms with Crippen LogP contribution >= 0.6 is 0 Å². The summed E-state index contributed by atoms with van der Waals surface area (Å²) in [6.07, 6.45) is 2.00. The average Bonchev–Trinajstić information content (AvgIpc) is 2.52. The zero-order chi connectivity index (χ0) is 16.2. The van der Waals surface area contributed by atoms with Gasteiger partial charge < -0.3 is 20.1 Å². The number of hydrogen-bond donors (Lipinski definition) is 2. The second-order valence-corrected chi connectivity index (χ2v) is 5.22. The van der Waals surface area contributed by atoms with E-state index in [4.69, 9.17) is 9.47 Å². The van der Waals surface area contributed by atoms with Gasteiger partial charge in [-0.05, 0) is 44.4 Å². The van der Waals surface area contributed by atoms with Gasteiger partial charge in [-0.1, -0.05) is 12.1 Å². The maximum Gasteiger partial charge on any atom is 0.191 e. The Kier molecular flexibility index (Phi) is 9.07. The minimum atomic E-state index is 0.237. The molecule has 0 aliphatic carbocycles. The third-order valence-electron chi connectivity index (χ3n) is 3.17. The molecule has 1 rings (SSSR count). The second-order valence-electron chi connectivity index (χ2n) is 5.22. The van der Waals surface area contributed by atoms with Crippen LogP contribution in [-0.4, -0.2) is 45.9 Å². The lowest BCUT2D eigenvalue weighted by molar-refractivity contribution is 0.179. The number of aryl methyl sites for hydroxylation is 1. The van der Waals surface area contributed by atoms with E-state index in [1.807, 2.05) is 12.1 Å². The first-order chi connectivity index (χ1) is 10.7. The van der Waals surface area contributed by atoms with Crippen LogP contribution in [0.25, 0.3) is 0 Å². The van der Waals surface area contributed by atoms with Gasteiger partial charge in [0.25, 0.3) is 0 Å². The predicted octanol–water partition coefficient (Wildman–Crippen LogP) is 2.22. The lowest BCUT2D eigenvalue weighted by Crippen LogP contribution is -2.44. The summed E-state index contributed by atoms with van der Waals surface area (Å²) in [4.78, 5) is 4.60. The number of aliphatic imine (C=N–C) groups is 1. The molecule has 5 heteroatoms. The van der Waals surface area contributed by atoms with Gasteiger partial charge in [-0.25, -0.2) is 0 Å². The van der Waals surface area contributed by atoms with Crippen LogP contribution in [-0.2, 0) is 11.2 Å². The summed E-state index contributed by atoms with van der Waals surface area (Å²) in [6.45, 7) is 6.43. The molecule has 0 aromatic heterocycles. The number of nitrogens with zero attached hydrogens (tertiary/aromatic N) is 1. The molecule has 2 N–H and O–H groups in total. The van der Waals surface area contributed by atoms with E-state index in [0.717, 1.165) is 37.6 Å². The summed E-state index contributed by atoms with van der Waals surface area (Å²) in [5.74, 6) is 1.75. The molecule has 0 spiro atoms. The SMILES string of the molecule is CCNC(=NCCCc1cccc(OC)c1)NC(C)COC. The zero-order valence-corrected chi connectivity index (χ0v) is 14.2. The third-order valence-corrected chi connectivity index (χ3v) is 3.17. The molecule has 1 aromatic rings. The van der Waals surface area contributed by atoms with E-state index in [9.17, 15) is 0 Å². The van der Waals surface area contributed by atoms with E-state index >= 15 is 0 Å². The Labute approximate surface area is 134 Å². The zero-order valence-electron chi connectivity index (χ0n) is 14.2. The monoisotopic (exact) mass is 307 g/mol. The van der Waals surface area contributed by atoms with Crippen molar-refractivity contribution >= 4 is 5.96 Å². The van der Waals surface area contributed by atoms with Gasteiger partial charge in [0.15, 0.2) is 5.96 Å². The molecular weight excluding hydrogens is 278 g/mol. The van der Waals surface area contributed by atoms with Gasteiger partial charge in [0, 0.05) is 26.2 Å². The van der Waals surface area contributed by atoms with Gasteiger partial charge in [0.2, 0.25) is 0 Å². The average molecular weight is 307 g/mol. The highest BCUT2D eigenvalue weighted by Crippen LogP contribution is 2.13. The smallest absolute Gasteiger partial charge is 0.191 e. The fraction of sp³-hybridized carbons (Fsp3) is 0.588. The van der Waals surface area contributed by atoms with E-state index in [0.29, 0.717) is 6.61 Å². The summed E-state index contributed by atoms with van der Waals surface area (Å²) >= 11 is 0. The lowest BCUT2D eigenvalue weighted by Gasteiger charge is -2.16. The highest BCUT2D eigenvalue weighted by atomic mass is 16.5. The molecule has 1 atom stereocenters. The molecule has 0 aliphatic rings. The standard InChI is InChI=1S/C17H29N3O2/c1-5-18-17(20-14(2)13-21-3)19-11-7-9-15-8-6-10-16(12-15)22-4/h6,8,10,12,14H,5,7,9,11,13H2,1-4H3,(H2,18,19,20). The molecule has 1 aromatic carbocycles. The number of hydrogen-bond acceptors (Lipinski definition) is 3. The Bertz CT molecular complexity index is 449. The third kappa shape index (κ3) is 7.31. The van der Waals surface area contributed by atoms with Gasteiger partial charge in [0.1, 0.15) is 5.75 Å². The number of benzene rings is 1. The van der Waals surface area contributed by atoms with Gasteiger partial charge >= 0.3 is 0 Å². The molecule has 0 heterocycles. The first-order valence-corrected chi connectivity index (χ1v) is 7.86. The van der Waals surface area contributed by atoms with Crippen molar-refractivity contribution in [3.05, 3.63) is 29.8 Å². The van der Waals surface area contributed by atoms with Crippen LogP contribution in [0, 0.1) is 0 Å². The van der Waals surface area contributed by atoms with Crippen molar-refractivity contribution in [3.8, 4) is 5.75 Å². The number of ether oxygens (including phenoxy) is 2. The van der Waals surface area contributed by atoms with E-state index in [2.05, 4.69) is 41.6 Å². The molecule has 0 aliphatic heterocycles. The van der Waals surface area contributed by atoms with E-state index in [-0.39, 0.29) is 6.04 Å². The minimum absolute atomic E-state index is 0.237. The summed E-state index contributed by atoms with van der Waals surface area (Å²) in [7, 11) is 3.40. The Morgan fingerprint density at radius 2 is 2.14 bits per heavy atom. The van der Waals surface area contributed by atoms with E-state index in [1.165, 1.54) is 5.56 Å². The molecular formula is C17H29N3O2. The maximum atomic E-state index is 5.24. The van der Waals surface area contributed by atoms with Crippen molar-refractivity contribution in [2.45, 2.75) is 32.7 Å². The summed E-state index contributed by atoms with van der Waals surface area (Å²) in [5.41, 5.74) is 1.28. The van der Waals surface area contributed by atoms with Crippen LogP contribution in [0.1, 0.15) is 25.8 Å². The second kappa shape index (κ2) is 10.9. The topological polar surface area (TPSA) is 54.9 Å². The summed E-state index contributed by atoms with van der Waals surface area (Å²) in [6, 6.07) is 8.42. The molecule has 0 bridgehead atoms. The number of methoxy groups -OCH3 is 2. The Balaban J connectivity index is 2.42. The summed E-state index contributed by atoms with van der Waals surface area (Å²) < 4.78 is 10.4. The van der Waals surface area contributed by atoms with Crippen molar-refractivity contribution in [2.24, 2.45) is 4.99 Å². The fourth-order valence-electron chi connectivity index (χ4n) is 2.15. The van der Waals surface area contributed by atoms with Crippen LogP contribution in [0.5, 0.6) is 5.75 Å². The van der Waals surface area contributed by atoms with Crippen LogP contribution in [0.15, 0.2) is 29.3 Å². The lowest BCUT2D eigenvalue weighted by atomic mass is 10.1. The van der Waals surface area contributed by atoms with Crippen LogP contribution in [0.4, 0.5) is 0 Å². The van der Waals surface area contributed by atoms with E-state index in [1.54, 1.807) is 14.2 Å². The molecule has 0 fully saturated rings. The Morgan fingerprint density at radius 3 is 2.82 bits per heavy atom. The molecule has 0 saturated carbocycles. The Morgan fingerprint density at radius 1 is 1.32 bits per heavy atom. The highest BCUT2D eigenvalue weighted by molar-refractivity contribution is 5.80. The van der Waals surface area contributed by atoms with E-state index < -0.39 is 0 Å². The molecule has 5 nitrogen and oxygen atoms in total. The van der Waals surface area contributed by atoms with Crippen LogP contribution < -0.4 is 15.4 Å². The summed E-state index contributed by atoms with van der Waals surface area (Å²) in [5, 5.41) is 6.58. The number of guanidine groups is 1. The highest BCUT2D eigenvalue weighted by Gasteiger charge is 2.04. The van der Waals surface area contributed by atoms with Crippen molar-refractivity contribution < 1.29 is 9.47 Å². The van der Waals surface area contributed by atoms with Gasteiger partial charge in [-0.2, -0.15) is 0 Å². The van der Waals surface area contributed by atoms with Crippen molar-refractivity contribution in [1.29, 1.82) is 0 Å². The first-order valence-electron chi connectivity index (χ1n) is 7.86. The number of rotatable bonds is 9. The molecule has 0 saturated heterocycles. The molecule has 22 heavy (non-hydrogen) atoms. The first kappa shape index (κ1) is 18.3. The molecule has 124 valence electrons. The van der Waals surface area contributed by atoms with Gasteiger partial charge in [-0.3, -0.25) is 4.99 Å². The maximum absolute atomic E-state index is 5.24. The quantitative estimate of drug-likeness (QED) is 0.417. The van der Waals surface area contributed by atoms with Crippen molar-refractivity contribution in [3.63, 3.8) is 0 Å². The predicted molar refractivity (Wildman–Crippen MR) is 91.8 cm³/mol. The van der Waals surface area contributed by atoms with Crippen molar-refractivity contribution in [2.75, 3.05) is 33.9 Å². The fourth-order valence-corrected chi connectivity index (χ4v) is 2.15. The van der Waals surface area contributed by atoms with Gasteiger partial charge in [-0.15, -0.1) is 0 Å².